The van der Waals surface area contributed by atoms with Crippen LogP contribution in [-0.4, -0.2) is 33.2 Å². The number of aromatic nitrogens is 4. The van der Waals surface area contributed by atoms with Crippen molar-refractivity contribution < 1.29 is 9.26 Å². The quantitative estimate of drug-likeness (QED) is 0.712. The van der Waals surface area contributed by atoms with Gasteiger partial charge in [-0.25, -0.2) is 4.98 Å². The second-order valence-electron chi connectivity index (χ2n) is 4.95. The molecule has 1 aromatic carbocycles. The number of hydrogen-bond acceptors (Lipinski definition) is 8. The van der Waals surface area contributed by atoms with Gasteiger partial charge in [0, 0.05) is 30.6 Å². The van der Waals surface area contributed by atoms with Crippen molar-refractivity contribution in [2.45, 2.75) is 19.4 Å². The fraction of sp³-hybridized carbons (Fsp3) is 0.333. The predicted molar refractivity (Wildman–Crippen MR) is 87.3 cm³/mol. The first-order valence-electron chi connectivity index (χ1n) is 7.23. The average Bonchev–Trinajstić information content (AvgIpc) is 3.23. The van der Waals surface area contributed by atoms with Crippen LogP contribution in [0, 0.1) is 0 Å². The molecule has 2 heterocycles. The highest BCUT2D eigenvalue weighted by atomic mass is 32.1. The molecule has 8 heteroatoms. The van der Waals surface area contributed by atoms with Gasteiger partial charge in [-0.3, -0.25) is 0 Å². The molecule has 0 fully saturated rings. The van der Waals surface area contributed by atoms with Crippen molar-refractivity contribution in [3.8, 4) is 11.5 Å². The van der Waals surface area contributed by atoms with Crippen LogP contribution in [0.5, 0.6) is 0 Å². The fourth-order valence-electron chi connectivity index (χ4n) is 1.97. The number of hydrogen-bond donors (Lipinski definition) is 1. The molecular weight excluding hydrogens is 314 g/mol. The van der Waals surface area contributed by atoms with Gasteiger partial charge < -0.3 is 14.6 Å². The lowest BCUT2D eigenvalue weighted by molar-refractivity contribution is 0.201. The minimum atomic E-state index is -0.126. The van der Waals surface area contributed by atoms with Crippen molar-refractivity contribution in [3.05, 3.63) is 42.0 Å². The maximum absolute atomic E-state index is 5.32. The average molecular weight is 331 g/mol. The molecule has 0 aliphatic carbocycles. The molecule has 1 N–H and O–H groups in total. The van der Waals surface area contributed by atoms with Gasteiger partial charge in [-0.15, -0.1) is 0 Å². The van der Waals surface area contributed by atoms with E-state index in [4.69, 9.17) is 9.26 Å². The van der Waals surface area contributed by atoms with E-state index >= 15 is 0 Å². The van der Waals surface area contributed by atoms with Gasteiger partial charge in [-0.1, -0.05) is 23.4 Å². The molecule has 0 saturated carbocycles. The summed E-state index contributed by atoms with van der Waals surface area (Å²) in [7, 11) is 1.66. The van der Waals surface area contributed by atoms with E-state index in [1.807, 2.05) is 37.3 Å². The second-order valence-corrected chi connectivity index (χ2v) is 5.70. The molecular formula is C15H17N5O2S. The third kappa shape index (κ3) is 3.91. The lowest BCUT2D eigenvalue weighted by Crippen LogP contribution is -2.08. The van der Waals surface area contributed by atoms with Crippen LogP contribution in [0.2, 0.25) is 0 Å². The van der Waals surface area contributed by atoms with Crippen LogP contribution in [0.3, 0.4) is 0 Å². The molecule has 0 aliphatic heterocycles. The van der Waals surface area contributed by atoms with Gasteiger partial charge in [-0.05, 0) is 19.1 Å². The Morgan fingerprint density at radius 3 is 2.87 bits per heavy atom. The Balaban J connectivity index is 1.65. The van der Waals surface area contributed by atoms with Crippen molar-refractivity contribution >= 4 is 16.7 Å². The van der Waals surface area contributed by atoms with Crippen LogP contribution < -0.4 is 5.32 Å². The minimum absolute atomic E-state index is 0.126. The van der Waals surface area contributed by atoms with E-state index in [0.717, 1.165) is 16.5 Å². The Hall–Kier alpha value is -2.32. The third-order valence-electron chi connectivity index (χ3n) is 3.19. The molecule has 23 heavy (non-hydrogen) atoms. The van der Waals surface area contributed by atoms with Crippen LogP contribution in [0.15, 0.2) is 34.9 Å². The molecule has 0 aliphatic rings. The maximum atomic E-state index is 5.32. The van der Waals surface area contributed by atoms with Gasteiger partial charge in [0.2, 0.25) is 5.13 Å². The Bertz CT molecular complexity index is 743. The highest BCUT2D eigenvalue weighted by Gasteiger charge is 2.16. The summed E-state index contributed by atoms with van der Waals surface area (Å²) in [6.45, 7) is 2.56. The lowest BCUT2D eigenvalue weighted by Gasteiger charge is -2.06. The van der Waals surface area contributed by atoms with Gasteiger partial charge in [0.05, 0.1) is 12.6 Å². The van der Waals surface area contributed by atoms with Gasteiger partial charge in [0.1, 0.15) is 5.82 Å². The first kappa shape index (κ1) is 15.6. The summed E-state index contributed by atoms with van der Waals surface area (Å²) in [4.78, 5) is 8.84. The molecule has 3 rings (SSSR count). The number of nitrogens with zero attached hydrogens (tertiary/aromatic N) is 4. The third-order valence-corrected chi connectivity index (χ3v) is 3.87. The van der Waals surface area contributed by atoms with E-state index < -0.39 is 0 Å². The summed E-state index contributed by atoms with van der Waals surface area (Å²) in [5, 5.41) is 8.00. The van der Waals surface area contributed by atoms with Gasteiger partial charge in [0.25, 0.3) is 5.89 Å². The summed E-state index contributed by atoms with van der Waals surface area (Å²) in [5.74, 6) is 1.86. The minimum Gasteiger partial charge on any atom is -0.384 e. The molecule has 0 amide bonds. The number of benzene rings is 1. The van der Waals surface area contributed by atoms with Gasteiger partial charge in [-0.2, -0.15) is 9.36 Å². The normalized spacial score (nSPS) is 12.3. The summed E-state index contributed by atoms with van der Waals surface area (Å²) in [6.07, 6.45) is 0.698. The Morgan fingerprint density at radius 1 is 1.26 bits per heavy atom. The summed E-state index contributed by atoms with van der Waals surface area (Å²) in [6, 6.07) is 9.55. The molecule has 120 valence electrons. The second kappa shape index (κ2) is 7.30. The molecule has 1 atom stereocenters. The highest BCUT2D eigenvalue weighted by molar-refractivity contribution is 7.09. The van der Waals surface area contributed by atoms with Crippen molar-refractivity contribution in [1.82, 2.24) is 19.5 Å². The SMILES string of the molecule is COCCc1nsc(NC(C)c2noc(-c3ccccc3)n2)n1. The zero-order valence-electron chi connectivity index (χ0n) is 12.9. The smallest absolute Gasteiger partial charge is 0.257 e. The van der Waals surface area contributed by atoms with Crippen LogP contribution in [0.25, 0.3) is 11.5 Å². The van der Waals surface area contributed by atoms with E-state index in [2.05, 4.69) is 24.8 Å². The molecule has 1 unspecified atom stereocenters. The molecule has 0 radical (unpaired) electrons. The summed E-state index contributed by atoms with van der Waals surface area (Å²) < 4.78 is 14.6. The van der Waals surface area contributed by atoms with Crippen molar-refractivity contribution in [2.24, 2.45) is 0 Å². The Kier molecular flexibility index (Phi) is 4.94. The van der Waals surface area contributed by atoms with Crippen LogP contribution in [0.1, 0.15) is 24.6 Å². The molecule has 0 saturated heterocycles. The maximum Gasteiger partial charge on any atom is 0.257 e. The highest BCUT2D eigenvalue weighted by Crippen LogP contribution is 2.22. The Labute approximate surface area is 137 Å². The number of nitrogens with one attached hydrogen (secondary N) is 1. The summed E-state index contributed by atoms with van der Waals surface area (Å²) in [5.41, 5.74) is 0.899. The van der Waals surface area contributed by atoms with Crippen LogP contribution in [0.4, 0.5) is 5.13 Å². The van der Waals surface area contributed by atoms with Crippen molar-refractivity contribution in [1.29, 1.82) is 0 Å². The standard InChI is InChI=1S/C15H17N5O2S/c1-10(16-15-17-12(20-23-15)8-9-21-2)13-18-14(22-19-13)11-6-4-3-5-7-11/h3-7,10H,8-9H2,1-2H3,(H,16,17,20). The molecule has 0 spiro atoms. The first-order chi connectivity index (χ1) is 11.3. The monoisotopic (exact) mass is 331 g/mol. The number of ether oxygens (including phenoxy) is 1. The van der Waals surface area contributed by atoms with Crippen LogP contribution >= 0.6 is 11.5 Å². The van der Waals surface area contributed by atoms with Gasteiger partial charge in [0.15, 0.2) is 5.82 Å². The van der Waals surface area contributed by atoms with Gasteiger partial charge >= 0.3 is 0 Å². The zero-order chi connectivity index (χ0) is 16.1. The Morgan fingerprint density at radius 2 is 2.09 bits per heavy atom. The molecule has 7 nitrogen and oxygen atoms in total. The number of methoxy groups -OCH3 is 1. The van der Waals surface area contributed by atoms with Crippen molar-refractivity contribution in [2.75, 3.05) is 19.0 Å². The lowest BCUT2D eigenvalue weighted by atomic mass is 10.2. The summed E-state index contributed by atoms with van der Waals surface area (Å²) >= 11 is 1.31. The topological polar surface area (TPSA) is 86.0 Å². The molecule has 3 aromatic rings. The largest absolute Gasteiger partial charge is 0.384 e. The van der Waals surface area contributed by atoms with E-state index in [1.54, 1.807) is 7.11 Å². The van der Waals surface area contributed by atoms with Crippen molar-refractivity contribution in [3.63, 3.8) is 0 Å². The molecule has 0 bridgehead atoms. The van der Waals surface area contributed by atoms with E-state index in [0.29, 0.717) is 24.7 Å². The molecule has 2 aromatic heterocycles. The fourth-order valence-corrected chi connectivity index (χ4v) is 2.67. The first-order valence-corrected chi connectivity index (χ1v) is 8.00. The van der Waals surface area contributed by atoms with E-state index in [9.17, 15) is 0 Å². The zero-order valence-corrected chi connectivity index (χ0v) is 13.7. The van der Waals surface area contributed by atoms with E-state index in [-0.39, 0.29) is 6.04 Å². The van der Waals surface area contributed by atoms with Crippen LogP contribution in [-0.2, 0) is 11.2 Å². The number of rotatable bonds is 7. The van der Waals surface area contributed by atoms with E-state index in [1.165, 1.54) is 11.5 Å². The number of anilines is 1. The predicted octanol–water partition coefficient (Wildman–Crippen LogP) is 2.95.